The van der Waals surface area contributed by atoms with Crippen LogP contribution in [-0.4, -0.2) is 44.8 Å². The number of carbonyl (C=O) groups excluding carboxylic acids is 2. The van der Waals surface area contributed by atoms with E-state index in [1.165, 1.54) is 18.6 Å². The number of hydrogen-bond donors (Lipinski definition) is 0. The van der Waals surface area contributed by atoms with Crippen molar-refractivity contribution >= 4 is 11.8 Å². The number of amides is 2. The molecule has 0 N–H and O–H groups in total. The van der Waals surface area contributed by atoms with Crippen LogP contribution in [-0.2, 0) is 22.7 Å². The van der Waals surface area contributed by atoms with Crippen LogP contribution in [0.3, 0.4) is 0 Å². The highest BCUT2D eigenvalue weighted by Crippen LogP contribution is 2.25. The van der Waals surface area contributed by atoms with Crippen LogP contribution in [0.15, 0.2) is 42.6 Å². The Morgan fingerprint density at radius 3 is 2.30 bits per heavy atom. The van der Waals surface area contributed by atoms with Crippen LogP contribution in [0, 0.1) is 11.7 Å². The molecule has 2 aromatic rings. The van der Waals surface area contributed by atoms with E-state index in [0.717, 1.165) is 36.9 Å². The van der Waals surface area contributed by atoms with Crippen LogP contribution >= 0.6 is 0 Å². The van der Waals surface area contributed by atoms with E-state index in [2.05, 4.69) is 4.57 Å². The Balaban J connectivity index is 1.80. The van der Waals surface area contributed by atoms with Gasteiger partial charge in [0, 0.05) is 36.4 Å². The summed E-state index contributed by atoms with van der Waals surface area (Å²) >= 11 is 0. The third-order valence-electron chi connectivity index (χ3n) is 6.56. The summed E-state index contributed by atoms with van der Waals surface area (Å²) in [6.07, 6.45) is 7.48. The van der Waals surface area contributed by atoms with E-state index >= 15 is 0 Å². The molecular formula is C27H38FN3O2. The Labute approximate surface area is 197 Å². The zero-order valence-electron chi connectivity index (χ0n) is 20.5. The molecule has 0 atom stereocenters. The fraction of sp³-hybridized carbons (Fsp3) is 0.556. The molecule has 180 valence electrons. The highest BCUT2D eigenvalue weighted by Gasteiger charge is 2.30. The van der Waals surface area contributed by atoms with Gasteiger partial charge in [0.2, 0.25) is 11.8 Å². The molecule has 0 saturated heterocycles. The van der Waals surface area contributed by atoms with Crippen molar-refractivity contribution < 1.29 is 14.0 Å². The van der Waals surface area contributed by atoms with Crippen LogP contribution in [0.4, 0.5) is 4.39 Å². The minimum Gasteiger partial charge on any atom is -0.345 e. The van der Waals surface area contributed by atoms with Crippen LogP contribution in [0.2, 0.25) is 0 Å². The van der Waals surface area contributed by atoms with Gasteiger partial charge in [-0.25, -0.2) is 4.39 Å². The normalized spacial score (nSPS) is 14.6. The topological polar surface area (TPSA) is 45.6 Å². The lowest BCUT2D eigenvalue weighted by molar-refractivity contribution is -0.145. The zero-order valence-corrected chi connectivity index (χ0v) is 20.5. The van der Waals surface area contributed by atoms with Crippen molar-refractivity contribution in [3.63, 3.8) is 0 Å². The average Bonchev–Trinajstić information content (AvgIpc) is 3.23. The van der Waals surface area contributed by atoms with Crippen molar-refractivity contribution in [2.45, 2.75) is 85.0 Å². The molecule has 1 aromatic carbocycles. The van der Waals surface area contributed by atoms with Gasteiger partial charge in [-0.05, 0) is 56.5 Å². The molecule has 0 aliphatic heterocycles. The predicted molar refractivity (Wildman–Crippen MR) is 129 cm³/mol. The second-order valence-electron chi connectivity index (χ2n) is 9.78. The molecule has 0 radical (unpaired) electrons. The van der Waals surface area contributed by atoms with Crippen molar-refractivity contribution in [1.82, 2.24) is 14.4 Å². The average molecular weight is 456 g/mol. The molecule has 6 heteroatoms. The van der Waals surface area contributed by atoms with Gasteiger partial charge in [0.25, 0.3) is 0 Å². The maximum atomic E-state index is 13.6. The Hall–Kier alpha value is -2.63. The number of aromatic nitrogens is 1. The molecule has 5 nitrogen and oxygen atoms in total. The van der Waals surface area contributed by atoms with E-state index in [1.807, 2.05) is 50.9 Å². The second-order valence-corrected chi connectivity index (χ2v) is 9.78. The highest BCUT2D eigenvalue weighted by molar-refractivity contribution is 5.86. The summed E-state index contributed by atoms with van der Waals surface area (Å²) in [7, 11) is 0. The molecule has 1 aromatic heterocycles. The maximum absolute atomic E-state index is 13.6. The van der Waals surface area contributed by atoms with E-state index in [0.29, 0.717) is 13.1 Å². The number of nitrogens with zero attached hydrogens (tertiary/aromatic N) is 3. The van der Waals surface area contributed by atoms with Gasteiger partial charge in [-0.2, -0.15) is 0 Å². The second kappa shape index (κ2) is 11.5. The lowest BCUT2D eigenvalue weighted by atomic mass is 9.94. The van der Waals surface area contributed by atoms with Crippen LogP contribution < -0.4 is 0 Å². The number of carbonyl (C=O) groups is 2. The largest absolute Gasteiger partial charge is 0.345 e. The van der Waals surface area contributed by atoms with E-state index in [9.17, 15) is 14.0 Å². The summed E-state index contributed by atoms with van der Waals surface area (Å²) in [5.74, 6) is -0.358. The number of benzene rings is 1. The summed E-state index contributed by atoms with van der Waals surface area (Å²) in [5.41, 5.74) is 2.06. The molecule has 2 amide bonds. The molecule has 33 heavy (non-hydrogen) atoms. The Kier molecular flexibility index (Phi) is 8.70. The molecule has 1 aliphatic rings. The maximum Gasteiger partial charge on any atom is 0.242 e. The number of rotatable bonds is 9. The van der Waals surface area contributed by atoms with E-state index in [1.54, 1.807) is 17.0 Å². The van der Waals surface area contributed by atoms with Gasteiger partial charge in [0.05, 0.1) is 6.54 Å². The first-order valence-electron chi connectivity index (χ1n) is 12.2. The third kappa shape index (κ3) is 6.68. The fourth-order valence-electron chi connectivity index (χ4n) is 4.61. The van der Waals surface area contributed by atoms with Crippen LogP contribution in [0.25, 0.3) is 0 Å². The highest BCUT2D eigenvalue weighted by atomic mass is 19.1. The van der Waals surface area contributed by atoms with Crippen molar-refractivity contribution in [1.29, 1.82) is 0 Å². The minimum absolute atomic E-state index is 0.0131. The van der Waals surface area contributed by atoms with Crippen molar-refractivity contribution in [3.05, 3.63) is 59.7 Å². The molecule has 1 fully saturated rings. The summed E-state index contributed by atoms with van der Waals surface area (Å²) < 4.78 is 15.4. The smallest absolute Gasteiger partial charge is 0.242 e. The third-order valence-corrected chi connectivity index (χ3v) is 6.56. The van der Waals surface area contributed by atoms with Gasteiger partial charge < -0.3 is 14.4 Å². The van der Waals surface area contributed by atoms with Crippen LogP contribution in [0.5, 0.6) is 0 Å². The van der Waals surface area contributed by atoms with Crippen LogP contribution in [0.1, 0.15) is 71.1 Å². The van der Waals surface area contributed by atoms with Gasteiger partial charge >= 0.3 is 0 Å². The lowest BCUT2D eigenvalue weighted by Crippen LogP contribution is -2.50. The predicted octanol–water partition coefficient (Wildman–Crippen LogP) is 5.23. The fourth-order valence-corrected chi connectivity index (χ4v) is 4.61. The van der Waals surface area contributed by atoms with E-state index < -0.39 is 0 Å². The first kappa shape index (κ1) is 25.0. The summed E-state index contributed by atoms with van der Waals surface area (Å²) in [4.78, 5) is 30.0. The first-order valence-corrected chi connectivity index (χ1v) is 12.2. The van der Waals surface area contributed by atoms with E-state index in [-0.39, 0.29) is 42.2 Å². The standard InChI is InChI=1S/C27H38FN3O2/c1-20(2)27(33)30(21(3)4)19-26(32)31(24-9-6-5-7-10-24)18-25-11-8-16-29(25)17-22-12-14-23(28)15-13-22/h8,11-16,20-21,24H,5-7,9-10,17-19H2,1-4H3. The van der Waals surface area contributed by atoms with Gasteiger partial charge in [-0.1, -0.05) is 45.2 Å². The molecule has 0 spiro atoms. The molecule has 3 rings (SSSR count). The van der Waals surface area contributed by atoms with Crippen molar-refractivity contribution in [2.75, 3.05) is 6.54 Å². The number of halogens is 1. The number of hydrogen-bond acceptors (Lipinski definition) is 2. The lowest BCUT2D eigenvalue weighted by Gasteiger charge is -2.37. The van der Waals surface area contributed by atoms with Gasteiger partial charge in [0.1, 0.15) is 12.4 Å². The molecule has 1 saturated carbocycles. The molecule has 0 bridgehead atoms. The molecule has 0 unspecified atom stereocenters. The molecular weight excluding hydrogens is 417 g/mol. The summed E-state index contributed by atoms with van der Waals surface area (Å²) in [6, 6.07) is 10.7. The SMILES string of the molecule is CC(C)C(=O)N(CC(=O)N(Cc1cccn1Cc1ccc(F)cc1)C1CCCCC1)C(C)C. The van der Waals surface area contributed by atoms with Gasteiger partial charge in [-0.3, -0.25) is 9.59 Å². The first-order chi connectivity index (χ1) is 15.8. The zero-order chi connectivity index (χ0) is 24.0. The van der Waals surface area contributed by atoms with Gasteiger partial charge in [-0.15, -0.1) is 0 Å². The molecule has 1 heterocycles. The Morgan fingerprint density at radius 2 is 1.70 bits per heavy atom. The summed E-state index contributed by atoms with van der Waals surface area (Å²) in [6.45, 7) is 8.94. The Bertz CT molecular complexity index is 914. The quantitative estimate of drug-likeness (QED) is 0.520. The van der Waals surface area contributed by atoms with E-state index in [4.69, 9.17) is 0 Å². The molecule has 1 aliphatic carbocycles. The Morgan fingerprint density at radius 1 is 1.03 bits per heavy atom. The van der Waals surface area contributed by atoms with Gasteiger partial charge in [0.15, 0.2) is 0 Å². The monoisotopic (exact) mass is 455 g/mol. The summed E-state index contributed by atoms with van der Waals surface area (Å²) in [5, 5.41) is 0. The van der Waals surface area contributed by atoms with Crippen molar-refractivity contribution in [2.24, 2.45) is 5.92 Å². The minimum atomic E-state index is -0.244. The van der Waals surface area contributed by atoms with Crippen molar-refractivity contribution in [3.8, 4) is 0 Å².